The van der Waals surface area contributed by atoms with Crippen LogP contribution in [0.3, 0.4) is 0 Å². The van der Waals surface area contributed by atoms with Crippen LogP contribution >= 0.6 is 0 Å². The van der Waals surface area contributed by atoms with Gasteiger partial charge in [0.25, 0.3) is 5.91 Å². The van der Waals surface area contributed by atoms with E-state index in [0.717, 1.165) is 32.1 Å². The lowest BCUT2D eigenvalue weighted by Gasteiger charge is -2.39. The molecule has 1 saturated heterocycles. The summed E-state index contributed by atoms with van der Waals surface area (Å²) in [7, 11) is 0. The molecule has 44 heavy (non-hydrogen) atoms. The molecule has 0 unspecified atom stereocenters. The average molecular weight is 607 g/mol. The Bertz CT molecular complexity index is 1470. The highest BCUT2D eigenvalue weighted by Crippen LogP contribution is 2.39. The van der Waals surface area contributed by atoms with Crippen molar-refractivity contribution in [1.82, 2.24) is 19.9 Å². The zero-order valence-corrected chi connectivity index (χ0v) is 24.9. The van der Waals surface area contributed by atoms with Crippen LogP contribution in [0.5, 0.6) is 0 Å². The van der Waals surface area contributed by atoms with Crippen LogP contribution in [0.4, 0.5) is 10.3 Å². The van der Waals surface area contributed by atoms with Crippen LogP contribution in [0.2, 0.25) is 0 Å². The van der Waals surface area contributed by atoms with E-state index >= 15 is 0 Å². The highest BCUT2D eigenvalue weighted by atomic mass is 19.1. The third-order valence-electron chi connectivity index (χ3n) is 8.91. The number of carbonyl (C=O) groups excluding carboxylic acids is 2. The SMILES string of the molecule is CC1(C(=O)OC2(C(N)=O)CCCCC2)COC(c2nc(-c3ccc(F)cc3)c(-c3ccnc(NC4CCCCC4)n3)[nH]2)OC1. The number of primary amides is 1. The minimum Gasteiger partial charge on any atom is -0.448 e. The average Bonchev–Trinajstić information content (AvgIpc) is 3.48. The van der Waals surface area contributed by atoms with E-state index in [0.29, 0.717) is 53.3 Å². The van der Waals surface area contributed by atoms with E-state index in [1.54, 1.807) is 31.3 Å². The number of nitrogens with two attached hydrogens (primary N) is 1. The van der Waals surface area contributed by atoms with E-state index < -0.39 is 29.2 Å². The first kappa shape index (κ1) is 30.1. The standard InChI is InChI=1S/C32H39FN6O5/c1-31(29(41)44-32(28(34)40)15-6-3-7-16-32)18-42-27(43-19-31)26-38-24(20-10-12-21(33)13-11-20)25(39-26)23-14-17-35-30(37-23)36-22-8-4-2-5-9-22/h10-14,17,22,27H,2-9,15-16,18-19H2,1H3,(H2,34,40)(H,38,39)(H,35,36,37). The summed E-state index contributed by atoms with van der Waals surface area (Å²) in [5.41, 5.74) is 5.66. The van der Waals surface area contributed by atoms with Crippen LogP contribution in [-0.4, -0.2) is 56.7 Å². The number of halogens is 1. The Morgan fingerprint density at radius 1 is 1.00 bits per heavy atom. The van der Waals surface area contributed by atoms with Crippen LogP contribution in [0, 0.1) is 11.2 Å². The van der Waals surface area contributed by atoms with Gasteiger partial charge < -0.3 is 30.2 Å². The van der Waals surface area contributed by atoms with Gasteiger partial charge in [0, 0.05) is 17.8 Å². The van der Waals surface area contributed by atoms with Crippen molar-refractivity contribution in [1.29, 1.82) is 0 Å². The number of H-pyrrole nitrogens is 1. The number of benzene rings is 1. The summed E-state index contributed by atoms with van der Waals surface area (Å²) in [5.74, 6) is -0.660. The maximum atomic E-state index is 13.8. The number of ether oxygens (including phenoxy) is 3. The number of aromatic nitrogens is 4. The minimum atomic E-state index is -1.29. The molecule has 2 saturated carbocycles. The van der Waals surface area contributed by atoms with Gasteiger partial charge in [-0.05, 0) is 75.8 Å². The van der Waals surface area contributed by atoms with E-state index in [1.165, 1.54) is 31.4 Å². The Morgan fingerprint density at radius 3 is 2.36 bits per heavy atom. The minimum absolute atomic E-state index is 0.0176. The van der Waals surface area contributed by atoms with Gasteiger partial charge in [0.1, 0.15) is 11.2 Å². The van der Waals surface area contributed by atoms with Crippen molar-refractivity contribution in [3.8, 4) is 22.6 Å². The fourth-order valence-corrected chi connectivity index (χ4v) is 6.21. The molecule has 1 aliphatic heterocycles. The van der Waals surface area contributed by atoms with Crippen LogP contribution in [-0.2, 0) is 23.8 Å². The van der Waals surface area contributed by atoms with Gasteiger partial charge in [-0.1, -0.05) is 25.7 Å². The molecule has 4 N–H and O–H groups in total. The molecule has 3 heterocycles. The predicted molar refractivity (Wildman–Crippen MR) is 159 cm³/mol. The number of hydrogen-bond donors (Lipinski definition) is 3. The zero-order valence-electron chi connectivity index (χ0n) is 24.9. The number of imidazole rings is 1. The van der Waals surface area contributed by atoms with Crippen molar-refractivity contribution in [2.45, 2.75) is 89.1 Å². The first-order valence-corrected chi connectivity index (χ1v) is 15.5. The quantitative estimate of drug-likeness (QED) is 0.294. The van der Waals surface area contributed by atoms with E-state index in [-0.39, 0.29) is 19.0 Å². The Kier molecular flexibility index (Phi) is 8.64. The van der Waals surface area contributed by atoms with Gasteiger partial charge >= 0.3 is 5.97 Å². The summed E-state index contributed by atoms with van der Waals surface area (Å²) in [6.07, 6.45) is 9.88. The Balaban J connectivity index is 1.22. The van der Waals surface area contributed by atoms with E-state index in [2.05, 4.69) is 15.3 Å². The number of hydrogen-bond acceptors (Lipinski definition) is 9. The fraction of sp³-hybridized carbons (Fsp3) is 0.531. The molecule has 11 nitrogen and oxygen atoms in total. The number of carbonyl (C=O) groups is 2. The maximum absolute atomic E-state index is 13.8. The van der Waals surface area contributed by atoms with Gasteiger partial charge in [0.2, 0.25) is 12.2 Å². The van der Waals surface area contributed by atoms with E-state index in [9.17, 15) is 14.0 Å². The van der Waals surface area contributed by atoms with Crippen molar-refractivity contribution in [3.05, 3.63) is 48.2 Å². The Labute approximate surface area is 255 Å². The third-order valence-corrected chi connectivity index (χ3v) is 8.91. The second kappa shape index (κ2) is 12.6. The second-order valence-electron chi connectivity index (χ2n) is 12.4. The summed E-state index contributed by atoms with van der Waals surface area (Å²) < 4.78 is 31.6. The summed E-state index contributed by atoms with van der Waals surface area (Å²) >= 11 is 0. The van der Waals surface area contributed by atoms with Crippen molar-refractivity contribution in [3.63, 3.8) is 0 Å². The second-order valence-corrected chi connectivity index (χ2v) is 12.4. The molecule has 0 bridgehead atoms. The molecule has 0 radical (unpaired) electrons. The summed E-state index contributed by atoms with van der Waals surface area (Å²) in [6.45, 7) is 1.65. The largest absolute Gasteiger partial charge is 0.448 e. The molecule has 2 aliphatic carbocycles. The summed E-state index contributed by atoms with van der Waals surface area (Å²) in [4.78, 5) is 42.9. The van der Waals surface area contributed by atoms with E-state index in [1.807, 2.05) is 0 Å². The molecule has 1 amide bonds. The molecule has 0 atom stereocenters. The Hall–Kier alpha value is -3.90. The maximum Gasteiger partial charge on any atom is 0.317 e. The molecule has 234 valence electrons. The number of anilines is 1. The number of nitrogens with one attached hydrogen (secondary N) is 2. The van der Waals surface area contributed by atoms with Gasteiger partial charge in [-0.3, -0.25) is 9.59 Å². The third kappa shape index (κ3) is 6.32. The smallest absolute Gasteiger partial charge is 0.317 e. The molecule has 3 aliphatic rings. The summed E-state index contributed by atoms with van der Waals surface area (Å²) in [5, 5.41) is 3.46. The van der Waals surface area contributed by atoms with Gasteiger partial charge in [0.05, 0.1) is 30.3 Å². The van der Waals surface area contributed by atoms with Crippen LogP contribution in [0.15, 0.2) is 36.5 Å². The monoisotopic (exact) mass is 606 g/mol. The first-order chi connectivity index (χ1) is 21.2. The molecule has 12 heteroatoms. The first-order valence-electron chi connectivity index (χ1n) is 15.5. The van der Waals surface area contributed by atoms with Crippen LogP contribution in [0.25, 0.3) is 22.6 Å². The van der Waals surface area contributed by atoms with Crippen LogP contribution < -0.4 is 11.1 Å². The fourth-order valence-electron chi connectivity index (χ4n) is 6.21. The lowest BCUT2D eigenvalue weighted by Crippen LogP contribution is -2.53. The van der Waals surface area contributed by atoms with Gasteiger partial charge in [-0.15, -0.1) is 0 Å². The number of aromatic amines is 1. The molecule has 1 aromatic carbocycles. The highest BCUT2D eigenvalue weighted by molar-refractivity contribution is 5.88. The molecule has 6 rings (SSSR count). The van der Waals surface area contributed by atoms with Crippen LogP contribution in [0.1, 0.15) is 83.2 Å². The Morgan fingerprint density at radius 2 is 1.68 bits per heavy atom. The number of rotatable bonds is 8. The van der Waals surface area contributed by atoms with Crippen molar-refractivity contribution in [2.75, 3.05) is 18.5 Å². The number of esters is 1. The molecule has 2 aromatic heterocycles. The predicted octanol–water partition coefficient (Wildman–Crippen LogP) is 5.20. The topological polar surface area (TPSA) is 154 Å². The molecule has 3 aromatic rings. The molecule has 0 spiro atoms. The molecular weight excluding hydrogens is 567 g/mol. The lowest BCUT2D eigenvalue weighted by molar-refractivity contribution is -0.243. The normalized spacial score (nSPS) is 24.0. The van der Waals surface area contributed by atoms with Crippen molar-refractivity contribution >= 4 is 17.8 Å². The number of amides is 1. The molecular formula is C32H39FN6O5. The number of nitrogens with zero attached hydrogens (tertiary/aromatic N) is 3. The van der Waals surface area contributed by atoms with Gasteiger partial charge in [-0.25, -0.2) is 19.3 Å². The molecule has 3 fully saturated rings. The van der Waals surface area contributed by atoms with E-state index in [4.69, 9.17) is 29.9 Å². The zero-order chi connectivity index (χ0) is 30.7. The lowest BCUT2D eigenvalue weighted by atomic mass is 9.83. The van der Waals surface area contributed by atoms with Gasteiger partial charge in [0.15, 0.2) is 11.4 Å². The van der Waals surface area contributed by atoms with Crippen molar-refractivity contribution in [2.24, 2.45) is 11.1 Å². The highest BCUT2D eigenvalue weighted by Gasteiger charge is 2.48. The van der Waals surface area contributed by atoms with Gasteiger partial charge in [-0.2, -0.15) is 0 Å². The van der Waals surface area contributed by atoms with Crippen molar-refractivity contribution < 1.29 is 28.2 Å². The summed E-state index contributed by atoms with van der Waals surface area (Å²) in [6, 6.07) is 8.16.